The van der Waals surface area contributed by atoms with Gasteiger partial charge in [0.15, 0.2) is 0 Å². The fourth-order valence-electron chi connectivity index (χ4n) is 3.34. The second-order valence-corrected chi connectivity index (χ2v) is 6.33. The summed E-state index contributed by atoms with van der Waals surface area (Å²) < 4.78 is 0. The number of hydrogen-bond donors (Lipinski definition) is 0. The second-order valence-electron chi connectivity index (χ2n) is 6.33. The van der Waals surface area contributed by atoms with Crippen LogP contribution in [0.3, 0.4) is 0 Å². The van der Waals surface area contributed by atoms with E-state index in [0.29, 0.717) is 0 Å². The lowest BCUT2D eigenvalue weighted by atomic mass is 9.94. The van der Waals surface area contributed by atoms with Gasteiger partial charge in [-0.1, -0.05) is 18.2 Å². The average Bonchev–Trinajstić information content (AvgIpc) is 2.54. The van der Waals surface area contributed by atoms with Crippen LogP contribution in [0.25, 0.3) is 0 Å². The highest BCUT2D eigenvalue weighted by atomic mass is 16.6. The highest BCUT2D eigenvalue weighted by Gasteiger charge is 2.24. The number of nitro groups is 1. The number of aryl methyl sites for hydroxylation is 2. The third-order valence-corrected chi connectivity index (χ3v) is 4.50. The molecule has 5 heteroatoms. The maximum absolute atomic E-state index is 12.8. The molecule has 24 heavy (non-hydrogen) atoms. The Labute approximate surface area is 141 Å². The van der Waals surface area contributed by atoms with Gasteiger partial charge in [-0.3, -0.25) is 14.9 Å². The maximum Gasteiger partial charge on any atom is 0.269 e. The van der Waals surface area contributed by atoms with Gasteiger partial charge in [-0.25, -0.2) is 0 Å². The lowest BCUT2D eigenvalue weighted by Crippen LogP contribution is -2.36. The normalized spacial score (nSPS) is 13.5. The lowest BCUT2D eigenvalue weighted by molar-refractivity contribution is -0.384. The minimum Gasteiger partial charge on any atom is -0.312 e. The van der Waals surface area contributed by atoms with Gasteiger partial charge < -0.3 is 4.90 Å². The third-order valence-electron chi connectivity index (χ3n) is 4.50. The number of carbonyl (C=O) groups excluding carboxylic acids is 1. The predicted octanol–water partition coefficient (Wildman–Crippen LogP) is 3.73. The fraction of sp³-hybridized carbons (Fsp3) is 0.316. The van der Waals surface area contributed by atoms with Crippen molar-refractivity contribution in [1.29, 1.82) is 0 Å². The van der Waals surface area contributed by atoms with E-state index in [9.17, 15) is 14.9 Å². The molecule has 0 unspecified atom stereocenters. The Morgan fingerprint density at radius 2 is 1.92 bits per heavy atom. The van der Waals surface area contributed by atoms with Crippen molar-refractivity contribution in [2.45, 2.75) is 33.1 Å². The van der Waals surface area contributed by atoms with E-state index < -0.39 is 4.92 Å². The molecule has 1 heterocycles. The number of carbonyl (C=O) groups is 1. The Hall–Kier alpha value is -2.69. The average molecular weight is 324 g/mol. The molecule has 0 aliphatic carbocycles. The van der Waals surface area contributed by atoms with E-state index in [-0.39, 0.29) is 18.0 Å². The zero-order valence-electron chi connectivity index (χ0n) is 13.9. The number of nitro benzene ring substituents is 1. The Morgan fingerprint density at radius 1 is 1.21 bits per heavy atom. The number of benzene rings is 2. The van der Waals surface area contributed by atoms with Gasteiger partial charge in [0.1, 0.15) is 0 Å². The number of hydrogen-bond acceptors (Lipinski definition) is 3. The van der Waals surface area contributed by atoms with Gasteiger partial charge in [-0.05, 0) is 55.0 Å². The summed E-state index contributed by atoms with van der Waals surface area (Å²) in [6.45, 7) is 4.86. The van der Waals surface area contributed by atoms with E-state index in [1.54, 1.807) is 12.1 Å². The largest absolute Gasteiger partial charge is 0.312 e. The standard InChI is InChI=1S/C19H20N2O3/c1-13-10-14(2)17-4-3-9-20(18(17)11-13)19(22)12-15-5-7-16(8-6-15)21(23)24/h5-8,10-11H,3-4,9,12H2,1-2H3. The van der Waals surface area contributed by atoms with Crippen molar-refractivity contribution < 1.29 is 9.72 Å². The maximum atomic E-state index is 12.8. The first-order valence-corrected chi connectivity index (χ1v) is 8.09. The smallest absolute Gasteiger partial charge is 0.269 e. The SMILES string of the molecule is Cc1cc(C)c2c(c1)N(C(=O)Cc1ccc([N+](=O)[O-])cc1)CCC2. The van der Waals surface area contributed by atoms with E-state index in [4.69, 9.17) is 0 Å². The molecule has 5 nitrogen and oxygen atoms in total. The summed E-state index contributed by atoms with van der Waals surface area (Å²) in [6.07, 6.45) is 2.22. The van der Waals surface area contributed by atoms with Gasteiger partial charge in [0.05, 0.1) is 11.3 Å². The molecule has 0 saturated carbocycles. The van der Waals surface area contributed by atoms with Gasteiger partial charge in [0, 0.05) is 24.4 Å². The van der Waals surface area contributed by atoms with E-state index in [1.807, 2.05) is 11.8 Å². The molecule has 0 atom stereocenters. The van der Waals surface area contributed by atoms with Gasteiger partial charge in [-0.15, -0.1) is 0 Å². The van der Waals surface area contributed by atoms with Crippen LogP contribution in [0.2, 0.25) is 0 Å². The molecule has 0 radical (unpaired) electrons. The van der Waals surface area contributed by atoms with Crippen molar-refractivity contribution in [3.8, 4) is 0 Å². The summed E-state index contributed by atoms with van der Waals surface area (Å²) in [5.74, 6) is 0.0369. The molecule has 1 aliphatic rings. The molecule has 0 N–H and O–H groups in total. The molecule has 0 fully saturated rings. The van der Waals surface area contributed by atoms with Crippen LogP contribution in [0.4, 0.5) is 11.4 Å². The van der Waals surface area contributed by atoms with Crippen LogP contribution in [0.15, 0.2) is 36.4 Å². The third kappa shape index (κ3) is 3.15. The summed E-state index contributed by atoms with van der Waals surface area (Å²) in [5.41, 5.74) is 5.50. The number of nitrogens with zero attached hydrogens (tertiary/aromatic N) is 2. The zero-order valence-corrected chi connectivity index (χ0v) is 13.9. The van der Waals surface area contributed by atoms with E-state index in [1.165, 1.54) is 23.3 Å². The number of non-ortho nitro benzene ring substituents is 1. The molecule has 2 aromatic rings. The Balaban J connectivity index is 1.83. The van der Waals surface area contributed by atoms with Gasteiger partial charge >= 0.3 is 0 Å². The zero-order chi connectivity index (χ0) is 17.3. The molecular formula is C19H20N2O3. The number of amides is 1. The van der Waals surface area contributed by atoms with Crippen LogP contribution in [0.5, 0.6) is 0 Å². The summed E-state index contributed by atoms with van der Waals surface area (Å²) >= 11 is 0. The molecule has 0 bridgehead atoms. The molecule has 3 rings (SSSR count). The fourth-order valence-corrected chi connectivity index (χ4v) is 3.34. The van der Waals surface area contributed by atoms with E-state index in [2.05, 4.69) is 19.1 Å². The van der Waals surface area contributed by atoms with Crippen molar-refractivity contribution in [2.75, 3.05) is 11.4 Å². The molecule has 0 spiro atoms. The lowest BCUT2D eigenvalue weighted by Gasteiger charge is -2.31. The highest BCUT2D eigenvalue weighted by Crippen LogP contribution is 2.31. The van der Waals surface area contributed by atoms with Crippen LogP contribution >= 0.6 is 0 Å². The molecular weight excluding hydrogens is 304 g/mol. The first-order valence-electron chi connectivity index (χ1n) is 8.09. The number of rotatable bonds is 3. The molecule has 1 aliphatic heterocycles. The monoisotopic (exact) mass is 324 g/mol. The summed E-state index contributed by atoms with van der Waals surface area (Å²) in [4.78, 5) is 24.9. The van der Waals surface area contributed by atoms with E-state index in [0.717, 1.165) is 36.2 Å². The van der Waals surface area contributed by atoms with Crippen LogP contribution < -0.4 is 4.90 Å². The molecule has 2 aromatic carbocycles. The number of anilines is 1. The quantitative estimate of drug-likeness (QED) is 0.638. The van der Waals surface area contributed by atoms with Crippen LogP contribution in [0.1, 0.15) is 28.7 Å². The summed E-state index contributed by atoms with van der Waals surface area (Å²) in [7, 11) is 0. The molecule has 0 aromatic heterocycles. The second kappa shape index (κ2) is 6.43. The molecule has 1 amide bonds. The summed E-state index contributed by atoms with van der Waals surface area (Å²) in [5, 5.41) is 10.7. The van der Waals surface area contributed by atoms with Crippen molar-refractivity contribution >= 4 is 17.3 Å². The van der Waals surface area contributed by atoms with Gasteiger partial charge in [-0.2, -0.15) is 0 Å². The van der Waals surface area contributed by atoms with Gasteiger partial charge in [0.2, 0.25) is 5.91 Å². The van der Waals surface area contributed by atoms with Crippen LogP contribution in [-0.4, -0.2) is 17.4 Å². The highest BCUT2D eigenvalue weighted by molar-refractivity contribution is 5.96. The molecule has 0 saturated heterocycles. The van der Waals surface area contributed by atoms with Crippen LogP contribution in [-0.2, 0) is 17.6 Å². The van der Waals surface area contributed by atoms with Crippen molar-refractivity contribution in [2.24, 2.45) is 0 Å². The van der Waals surface area contributed by atoms with Crippen molar-refractivity contribution in [3.63, 3.8) is 0 Å². The summed E-state index contributed by atoms with van der Waals surface area (Å²) in [6, 6.07) is 10.4. The minimum atomic E-state index is -0.433. The first kappa shape index (κ1) is 16.2. The predicted molar refractivity (Wildman–Crippen MR) is 93.4 cm³/mol. The molecule has 124 valence electrons. The first-order chi connectivity index (χ1) is 11.5. The Bertz CT molecular complexity index is 797. The van der Waals surface area contributed by atoms with Crippen molar-refractivity contribution in [1.82, 2.24) is 0 Å². The van der Waals surface area contributed by atoms with Crippen LogP contribution in [0, 0.1) is 24.0 Å². The van der Waals surface area contributed by atoms with Crippen molar-refractivity contribution in [3.05, 3.63) is 68.8 Å². The topological polar surface area (TPSA) is 63.5 Å². The van der Waals surface area contributed by atoms with Gasteiger partial charge in [0.25, 0.3) is 5.69 Å². The Morgan fingerprint density at radius 3 is 2.58 bits per heavy atom. The minimum absolute atomic E-state index is 0.0369. The van der Waals surface area contributed by atoms with E-state index >= 15 is 0 Å². The number of fused-ring (bicyclic) bond motifs is 1. The Kier molecular flexibility index (Phi) is 4.34.